The highest BCUT2D eigenvalue weighted by atomic mass is 32.2. The number of hydrogen-bond donors (Lipinski definition) is 2. The number of anilines is 1. The Morgan fingerprint density at radius 1 is 0.968 bits per heavy atom. The molecule has 153 valence electrons. The summed E-state index contributed by atoms with van der Waals surface area (Å²) >= 11 is 1.22. The fourth-order valence-corrected chi connectivity index (χ4v) is 5.27. The summed E-state index contributed by atoms with van der Waals surface area (Å²) in [5.74, 6) is 0.571. The number of carbonyl (C=O) groups is 2. The molecule has 5 nitrogen and oxygen atoms in total. The van der Waals surface area contributed by atoms with Crippen LogP contribution in [0.15, 0.2) is 91.4 Å². The van der Waals surface area contributed by atoms with Crippen LogP contribution in [0.4, 0.5) is 5.69 Å². The summed E-state index contributed by atoms with van der Waals surface area (Å²) in [7, 11) is 0. The van der Waals surface area contributed by atoms with Crippen molar-refractivity contribution in [3.05, 3.63) is 119 Å². The van der Waals surface area contributed by atoms with E-state index in [-0.39, 0.29) is 17.1 Å². The molecule has 1 aliphatic rings. The number of amides is 1. The molecule has 1 unspecified atom stereocenters. The van der Waals surface area contributed by atoms with Crippen LogP contribution in [-0.2, 0) is 5.75 Å². The van der Waals surface area contributed by atoms with Crippen LogP contribution >= 0.6 is 11.8 Å². The molecule has 6 heteroatoms. The predicted molar refractivity (Wildman–Crippen MR) is 124 cm³/mol. The van der Waals surface area contributed by atoms with Crippen LogP contribution in [0.25, 0.3) is 0 Å². The van der Waals surface area contributed by atoms with E-state index in [0.717, 1.165) is 17.0 Å². The summed E-state index contributed by atoms with van der Waals surface area (Å²) in [6.07, 6.45) is 5.61. The standard InChI is InChI=1S/C25H20N3O2S/c29-23(17-6-2-1-3-7-17)18-8-4-10-20(14-18)27-24(30)21-11-13-28-22(21)16-31-25(28)19-9-5-12-26-15-19/h1-15,25,31H,16H2,(H,27,30). The van der Waals surface area contributed by atoms with E-state index in [4.69, 9.17) is 0 Å². The Labute approximate surface area is 184 Å². The molecule has 5 rings (SSSR count). The van der Waals surface area contributed by atoms with Gasteiger partial charge in [0.1, 0.15) is 0 Å². The molecule has 0 fully saturated rings. The highest BCUT2D eigenvalue weighted by Crippen LogP contribution is 2.41. The minimum absolute atomic E-state index is 0.0698. The lowest BCUT2D eigenvalue weighted by Crippen LogP contribution is -2.14. The first-order valence-corrected chi connectivity index (χ1v) is 11.1. The molecule has 31 heavy (non-hydrogen) atoms. The van der Waals surface area contributed by atoms with Crippen molar-refractivity contribution in [2.24, 2.45) is 0 Å². The maximum atomic E-state index is 13.0. The Morgan fingerprint density at radius 3 is 2.61 bits per heavy atom. The van der Waals surface area contributed by atoms with E-state index in [2.05, 4.69) is 20.9 Å². The zero-order valence-corrected chi connectivity index (χ0v) is 17.5. The molecular formula is C25H20N3O2S. The van der Waals surface area contributed by atoms with Crippen molar-refractivity contribution < 1.29 is 9.59 Å². The monoisotopic (exact) mass is 426 g/mol. The van der Waals surface area contributed by atoms with Crippen LogP contribution < -0.4 is 5.32 Å². The van der Waals surface area contributed by atoms with Gasteiger partial charge in [-0.25, -0.2) is 0 Å². The average molecular weight is 427 g/mol. The molecule has 1 radical (unpaired) electrons. The topological polar surface area (TPSA) is 64.0 Å². The largest absolute Gasteiger partial charge is 0.334 e. The number of pyridine rings is 1. The Kier molecular flexibility index (Phi) is 5.14. The molecule has 2 aromatic heterocycles. The first-order chi connectivity index (χ1) is 15.2. The van der Waals surface area contributed by atoms with E-state index in [1.165, 1.54) is 11.8 Å². The maximum absolute atomic E-state index is 13.0. The van der Waals surface area contributed by atoms with Gasteiger partial charge < -0.3 is 9.88 Å². The second-order valence-corrected chi connectivity index (χ2v) is 8.48. The molecule has 0 saturated heterocycles. The van der Waals surface area contributed by atoms with Gasteiger partial charge in [-0.05, 0) is 24.3 Å². The van der Waals surface area contributed by atoms with E-state index in [1.807, 2.05) is 42.7 Å². The molecule has 1 aliphatic heterocycles. The number of fused-ring (bicyclic) bond motifs is 1. The molecule has 0 aliphatic carbocycles. The number of carbonyl (C=O) groups excluding carboxylic acids is 2. The number of ketones is 1. The lowest BCUT2D eigenvalue weighted by molar-refractivity contribution is 0.102. The van der Waals surface area contributed by atoms with Crippen molar-refractivity contribution in [3.8, 4) is 0 Å². The van der Waals surface area contributed by atoms with Gasteiger partial charge in [0.2, 0.25) is 0 Å². The first kappa shape index (κ1) is 19.3. The molecule has 0 bridgehead atoms. The summed E-state index contributed by atoms with van der Waals surface area (Å²) in [6.45, 7) is 0. The third kappa shape index (κ3) is 3.78. The number of benzene rings is 2. The summed E-state index contributed by atoms with van der Waals surface area (Å²) in [6, 6.07) is 22.1. The molecule has 1 amide bonds. The maximum Gasteiger partial charge on any atom is 0.257 e. The number of aromatic nitrogens is 2. The van der Waals surface area contributed by atoms with Gasteiger partial charge in [-0.15, -0.1) is 0 Å². The van der Waals surface area contributed by atoms with Gasteiger partial charge in [0.25, 0.3) is 5.91 Å². The fraction of sp³-hybridized carbons (Fsp3) is 0.0800. The van der Waals surface area contributed by atoms with Gasteiger partial charge in [0.05, 0.1) is 10.9 Å². The number of nitrogens with one attached hydrogen (secondary N) is 1. The summed E-state index contributed by atoms with van der Waals surface area (Å²) in [4.78, 5) is 29.9. The zero-order chi connectivity index (χ0) is 21.2. The quantitative estimate of drug-likeness (QED) is 0.353. The fourth-order valence-electron chi connectivity index (χ4n) is 3.83. The lowest BCUT2D eigenvalue weighted by Gasteiger charge is -2.13. The summed E-state index contributed by atoms with van der Waals surface area (Å²) in [5.41, 5.74) is 4.59. The van der Waals surface area contributed by atoms with E-state index < -0.39 is 0 Å². The Morgan fingerprint density at radius 2 is 1.81 bits per heavy atom. The smallest absolute Gasteiger partial charge is 0.257 e. The minimum Gasteiger partial charge on any atom is -0.334 e. The molecule has 4 aromatic rings. The Hall–Kier alpha value is -3.64. The number of nitrogens with zero attached hydrogens (tertiary/aromatic N) is 2. The SMILES string of the molecule is O=C(c1ccccc1)c1cccc(NC(=O)c2ccn3c2C[SH]C3c2cccnc2)c1. The van der Waals surface area contributed by atoms with E-state index in [9.17, 15) is 9.59 Å². The van der Waals surface area contributed by atoms with Crippen LogP contribution in [0, 0.1) is 0 Å². The van der Waals surface area contributed by atoms with Gasteiger partial charge in [-0.2, -0.15) is 11.8 Å². The Balaban J connectivity index is 1.36. The minimum atomic E-state index is -0.167. The summed E-state index contributed by atoms with van der Waals surface area (Å²) < 4.78 is 2.16. The zero-order valence-electron chi connectivity index (χ0n) is 16.6. The van der Waals surface area contributed by atoms with Crippen LogP contribution in [-0.4, -0.2) is 21.2 Å². The van der Waals surface area contributed by atoms with Crippen LogP contribution in [0.3, 0.4) is 0 Å². The molecule has 3 heterocycles. The molecular weight excluding hydrogens is 406 g/mol. The van der Waals surface area contributed by atoms with Gasteiger partial charge in [-0.3, -0.25) is 14.6 Å². The van der Waals surface area contributed by atoms with Gasteiger partial charge in [0.15, 0.2) is 5.78 Å². The van der Waals surface area contributed by atoms with Crippen molar-refractivity contribution in [2.45, 2.75) is 11.1 Å². The molecule has 2 aromatic carbocycles. The number of hydrogen-bond acceptors (Lipinski definition) is 3. The average Bonchev–Trinajstić information content (AvgIpc) is 3.42. The van der Waals surface area contributed by atoms with E-state index in [0.29, 0.717) is 22.4 Å². The molecule has 0 saturated carbocycles. The highest BCUT2D eigenvalue weighted by Gasteiger charge is 2.27. The highest BCUT2D eigenvalue weighted by molar-refractivity contribution is 7.99. The summed E-state index contributed by atoms with van der Waals surface area (Å²) in [5, 5.41) is 3.13. The molecule has 1 N–H and O–H groups in total. The first-order valence-electron chi connectivity index (χ1n) is 9.98. The van der Waals surface area contributed by atoms with Gasteiger partial charge >= 0.3 is 0 Å². The predicted octanol–water partition coefficient (Wildman–Crippen LogP) is 4.89. The molecule has 1 atom stereocenters. The second kappa shape index (κ2) is 8.24. The van der Waals surface area contributed by atoms with Crippen LogP contribution in [0.1, 0.15) is 42.9 Å². The Bertz CT molecular complexity index is 1250. The lowest BCUT2D eigenvalue weighted by atomic mass is 10.0. The molecule has 0 spiro atoms. The second-order valence-electron chi connectivity index (χ2n) is 7.31. The van der Waals surface area contributed by atoms with E-state index in [1.54, 1.807) is 42.6 Å². The van der Waals surface area contributed by atoms with Crippen molar-refractivity contribution in [2.75, 3.05) is 5.32 Å². The van der Waals surface area contributed by atoms with Crippen molar-refractivity contribution in [1.82, 2.24) is 9.55 Å². The van der Waals surface area contributed by atoms with Crippen molar-refractivity contribution >= 4 is 29.1 Å². The van der Waals surface area contributed by atoms with Crippen LogP contribution in [0.5, 0.6) is 0 Å². The number of rotatable bonds is 5. The normalized spacial score (nSPS) is 14.8. The van der Waals surface area contributed by atoms with Gasteiger partial charge in [0, 0.05) is 52.4 Å². The van der Waals surface area contributed by atoms with E-state index >= 15 is 0 Å². The van der Waals surface area contributed by atoms with Crippen LogP contribution in [0.2, 0.25) is 0 Å². The van der Waals surface area contributed by atoms with Gasteiger partial charge in [-0.1, -0.05) is 48.5 Å². The van der Waals surface area contributed by atoms with Crippen molar-refractivity contribution in [1.29, 1.82) is 0 Å². The number of thiol groups is 1. The van der Waals surface area contributed by atoms with Crippen molar-refractivity contribution in [3.63, 3.8) is 0 Å². The third-order valence-corrected chi connectivity index (χ3v) is 6.72. The third-order valence-electron chi connectivity index (χ3n) is 5.35.